The van der Waals surface area contributed by atoms with Crippen LogP contribution in [0.2, 0.25) is 0 Å². The molecule has 0 spiro atoms. The van der Waals surface area contributed by atoms with E-state index in [1.54, 1.807) is 6.07 Å². The molecule has 0 aliphatic rings. The molecule has 0 unspecified atom stereocenters. The summed E-state index contributed by atoms with van der Waals surface area (Å²) in [4.78, 5) is 0.348. The highest BCUT2D eigenvalue weighted by molar-refractivity contribution is 7.89. The van der Waals surface area contributed by atoms with Gasteiger partial charge in [-0.15, -0.1) is 0 Å². The number of aryl methyl sites for hydroxylation is 1. The summed E-state index contributed by atoms with van der Waals surface area (Å²) in [6.07, 6.45) is 0. The standard InChI is InChI=1S/C15H26N2O3S/c1-5-17(7-8-20-6-2)21(18,19)15-10-14(11-16)9-12(3)13(15)4/h9-10H,5-8,11,16H2,1-4H3. The van der Waals surface area contributed by atoms with E-state index in [9.17, 15) is 8.42 Å². The van der Waals surface area contributed by atoms with Gasteiger partial charge in [0.2, 0.25) is 10.0 Å². The van der Waals surface area contributed by atoms with Crippen molar-refractivity contribution in [2.45, 2.75) is 39.1 Å². The second-order valence-electron chi connectivity index (χ2n) is 4.93. The maximum atomic E-state index is 12.8. The number of ether oxygens (including phenoxy) is 1. The average molecular weight is 314 g/mol. The molecule has 0 aliphatic heterocycles. The zero-order chi connectivity index (χ0) is 16.0. The molecule has 0 aromatic heterocycles. The molecule has 0 heterocycles. The third-order valence-electron chi connectivity index (χ3n) is 3.57. The summed E-state index contributed by atoms with van der Waals surface area (Å²) in [5, 5.41) is 0. The molecule has 21 heavy (non-hydrogen) atoms. The predicted octanol–water partition coefficient (Wildman–Crippen LogP) is 1.81. The molecule has 0 aliphatic carbocycles. The highest BCUT2D eigenvalue weighted by Gasteiger charge is 2.25. The molecular weight excluding hydrogens is 288 g/mol. The Morgan fingerprint density at radius 2 is 1.90 bits per heavy atom. The number of sulfonamides is 1. The second kappa shape index (κ2) is 7.89. The number of benzene rings is 1. The lowest BCUT2D eigenvalue weighted by Gasteiger charge is -2.22. The number of nitrogens with zero attached hydrogens (tertiary/aromatic N) is 1. The van der Waals surface area contributed by atoms with Crippen LogP contribution >= 0.6 is 0 Å². The third kappa shape index (κ3) is 4.26. The van der Waals surface area contributed by atoms with Crippen LogP contribution in [0.15, 0.2) is 17.0 Å². The van der Waals surface area contributed by atoms with E-state index in [0.717, 1.165) is 16.7 Å². The minimum absolute atomic E-state index is 0.328. The molecule has 0 fully saturated rings. The number of rotatable bonds is 8. The first-order chi connectivity index (χ1) is 9.88. The molecule has 120 valence electrons. The van der Waals surface area contributed by atoms with E-state index in [1.807, 2.05) is 33.8 Å². The Morgan fingerprint density at radius 1 is 1.24 bits per heavy atom. The lowest BCUT2D eigenvalue weighted by atomic mass is 10.1. The molecule has 0 saturated carbocycles. The Bertz CT molecular complexity index is 571. The van der Waals surface area contributed by atoms with Crippen molar-refractivity contribution in [1.82, 2.24) is 4.31 Å². The van der Waals surface area contributed by atoms with Crippen LogP contribution in [0, 0.1) is 13.8 Å². The van der Waals surface area contributed by atoms with Crippen molar-refractivity contribution in [1.29, 1.82) is 0 Å². The minimum atomic E-state index is -3.52. The lowest BCUT2D eigenvalue weighted by Crippen LogP contribution is -2.34. The van der Waals surface area contributed by atoms with Gasteiger partial charge in [0.1, 0.15) is 0 Å². The van der Waals surface area contributed by atoms with Crippen LogP contribution in [0.1, 0.15) is 30.5 Å². The van der Waals surface area contributed by atoms with Gasteiger partial charge in [-0.2, -0.15) is 4.31 Å². The van der Waals surface area contributed by atoms with Crippen LogP contribution in [0.4, 0.5) is 0 Å². The number of hydrogen-bond donors (Lipinski definition) is 1. The van der Waals surface area contributed by atoms with Gasteiger partial charge in [0, 0.05) is 26.2 Å². The topological polar surface area (TPSA) is 72.6 Å². The van der Waals surface area contributed by atoms with E-state index in [-0.39, 0.29) is 0 Å². The lowest BCUT2D eigenvalue weighted by molar-refractivity contribution is 0.135. The average Bonchev–Trinajstić information content (AvgIpc) is 2.45. The van der Waals surface area contributed by atoms with E-state index in [1.165, 1.54) is 4.31 Å². The van der Waals surface area contributed by atoms with Crippen molar-refractivity contribution in [3.05, 3.63) is 28.8 Å². The summed E-state index contributed by atoms with van der Waals surface area (Å²) < 4.78 is 32.4. The molecule has 0 atom stereocenters. The molecular formula is C15H26N2O3S. The van der Waals surface area contributed by atoms with Crippen molar-refractivity contribution in [3.63, 3.8) is 0 Å². The molecule has 2 N–H and O–H groups in total. The highest BCUT2D eigenvalue weighted by atomic mass is 32.2. The van der Waals surface area contributed by atoms with Gasteiger partial charge in [-0.05, 0) is 43.5 Å². The molecule has 6 heteroatoms. The van der Waals surface area contributed by atoms with Crippen LogP contribution in [0.5, 0.6) is 0 Å². The molecule has 1 aromatic carbocycles. The van der Waals surface area contributed by atoms with E-state index in [2.05, 4.69) is 0 Å². The largest absolute Gasteiger partial charge is 0.380 e. The Balaban J connectivity index is 3.19. The first kappa shape index (κ1) is 18.1. The fourth-order valence-electron chi connectivity index (χ4n) is 2.18. The Morgan fingerprint density at radius 3 is 2.43 bits per heavy atom. The Labute approximate surface area is 128 Å². The van der Waals surface area contributed by atoms with Gasteiger partial charge in [-0.25, -0.2) is 8.42 Å². The summed E-state index contributed by atoms with van der Waals surface area (Å²) in [6, 6.07) is 3.62. The molecule has 1 aromatic rings. The maximum absolute atomic E-state index is 12.8. The molecule has 0 saturated heterocycles. The van der Waals surface area contributed by atoms with Gasteiger partial charge in [-0.3, -0.25) is 0 Å². The fourth-order valence-corrected chi connectivity index (χ4v) is 3.96. The van der Waals surface area contributed by atoms with Crippen LogP contribution in [-0.2, 0) is 21.3 Å². The summed E-state index contributed by atoms with van der Waals surface area (Å²) in [5.41, 5.74) is 8.21. The van der Waals surface area contributed by atoms with E-state index in [4.69, 9.17) is 10.5 Å². The first-order valence-electron chi connectivity index (χ1n) is 7.26. The zero-order valence-corrected chi connectivity index (χ0v) is 14.2. The normalized spacial score (nSPS) is 12.1. The van der Waals surface area contributed by atoms with E-state index < -0.39 is 10.0 Å². The summed E-state index contributed by atoms with van der Waals surface area (Å²) in [5.74, 6) is 0. The first-order valence-corrected chi connectivity index (χ1v) is 8.70. The Kier molecular flexibility index (Phi) is 6.80. The quantitative estimate of drug-likeness (QED) is 0.743. The number of nitrogens with two attached hydrogens (primary N) is 1. The van der Waals surface area contributed by atoms with E-state index >= 15 is 0 Å². The number of hydrogen-bond acceptors (Lipinski definition) is 4. The van der Waals surface area contributed by atoms with Gasteiger partial charge in [0.05, 0.1) is 11.5 Å². The highest BCUT2D eigenvalue weighted by Crippen LogP contribution is 2.24. The molecule has 0 bridgehead atoms. The van der Waals surface area contributed by atoms with Gasteiger partial charge in [0.25, 0.3) is 0 Å². The summed E-state index contributed by atoms with van der Waals surface area (Å²) >= 11 is 0. The predicted molar refractivity (Wildman–Crippen MR) is 84.7 cm³/mol. The molecule has 1 rings (SSSR count). The van der Waals surface area contributed by atoms with Crippen LogP contribution in [-0.4, -0.2) is 39.0 Å². The second-order valence-corrected chi connectivity index (χ2v) is 6.84. The van der Waals surface area contributed by atoms with Gasteiger partial charge in [0.15, 0.2) is 0 Å². The third-order valence-corrected chi connectivity index (χ3v) is 5.68. The molecule has 5 nitrogen and oxygen atoms in total. The van der Waals surface area contributed by atoms with Gasteiger partial charge in [-0.1, -0.05) is 13.0 Å². The maximum Gasteiger partial charge on any atom is 0.243 e. The molecule has 0 amide bonds. The van der Waals surface area contributed by atoms with Crippen molar-refractivity contribution in [3.8, 4) is 0 Å². The fraction of sp³-hybridized carbons (Fsp3) is 0.600. The monoisotopic (exact) mass is 314 g/mol. The number of likely N-dealkylation sites (N-methyl/N-ethyl adjacent to an activating group) is 1. The van der Waals surface area contributed by atoms with Crippen molar-refractivity contribution in [2.75, 3.05) is 26.3 Å². The van der Waals surface area contributed by atoms with Crippen LogP contribution in [0.3, 0.4) is 0 Å². The Hall–Kier alpha value is -0.950. The van der Waals surface area contributed by atoms with Crippen molar-refractivity contribution >= 4 is 10.0 Å². The minimum Gasteiger partial charge on any atom is -0.380 e. The summed E-state index contributed by atoms with van der Waals surface area (Å²) in [7, 11) is -3.52. The van der Waals surface area contributed by atoms with Crippen LogP contribution in [0.25, 0.3) is 0 Å². The van der Waals surface area contributed by atoms with Crippen molar-refractivity contribution in [2.24, 2.45) is 5.73 Å². The van der Waals surface area contributed by atoms with Gasteiger partial charge >= 0.3 is 0 Å². The SMILES string of the molecule is CCOCCN(CC)S(=O)(=O)c1cc(CN)cc(C)c1C. The zero-order valence-electron chi connectivity index (χ0n) is 13.3. The summed E-state index contributed by atoms with van der Waals surface area (Å²) in [6.45, 7) is 9.55. The van der Waals surface area contributed by atoms with Crippen molar-refractivity contribution < 1.29 is 13.2 Å². The molecule has 0 radical (unpaired) electrons. The van der Waals surface area contributed by atoms with Gasteiger partial charge < -0.3 is 10.5 Å². The van der Waals surface area contributed by atoms with Crippen LogP contribution < -0.4 is 5.73 Å². The van der Waals surface area contributed by atoms with E-state index in [0.29, 0.717) is 37.7 Å². The smallest absolute Gasteiger partial charge is 0.243 e.